The largest absolute Gasteiger partial charge is 0.165 e. The highest BCUT2D eigenvalue weighted by molar-refractivity contribution is 7.72. The van der Waals surface area contributed by atoms with Gasteiger partial charge in [0.05, 0.1) is 5.80 Å². The van der Waals surface area contributed by atoms with Crippen LogP contribution in [-0.2, 0) is 0 Å². The molecule has 0 bridgehead atoms. The Morgan fingerprint density at radius 2 is 1.13 bits per heavy atom. The second kappa shape index (κ2) is 4.91. The van der Waals surface area contributed by atoms with Crippen molar-refractivity contribution in [3.05, 3.63) is 60.7 Å². The summed E-state index contributed by atoms with van der Waals surface area (Å²) in [6.45, 7) is 2.14. The van der Waals surface area contributed by atoms with Crippen LogP contribution < -0.4 is 10.6 Å². The van der Waals surface area contributed by atoms with Crippen LogP contribution in [0.1, 0.15) is 6.92 Å². The first kappa shape index (κ1) is 10.1. The van der Waals surface area contributed by atoms with E-state index in [4.69, 9.17) is 0 Å². The van der Waals surface area contributed by atoms with E-state index in [1.54, 1.807) is 0 Å². The van der Waals surface area contributed by atoms with Crippen LogP contribution in [0, 0.1) is 0 Å². The minimum atomic E-state index is -0.274. The fourth-order valence-electron chi connectivity index (χ4n) is 1.62. The van der Waals surface area contributed by atoms with Gasteiger partial charge in [-0.2, -0.15) is 0 Å². The summed E-state index contributed by atoms with van der Waals surface area (Å²) in [6.07, 6.45) is 0. The van der Waals surface area contributed by atoms with E-state index in [1.165, 1.54) is 10.6 Å². The maximum Gasteiger partial charge on any atom is 0.165 e. The fraction of sp³-hybridized carbons (Fsp3) is 0.0714. The summed E-state index contributed by atoms with van der Waals surface area (Å²) >= 11 is 0. The topological polar surface area (TPSA) is 0 Å². The van der Waals surface area contributed by atoms with Crippen LogP contribution in [0.5, 0.6) is 0 Å². The van der Waals surface area contributed by atoms with Crippen molar-refractivity contribution in [3.8, 4) is 0 Å². The Bertz CT molecular complexity index is 402. The average Bonchev–Trinajstić information content (AvgIpc) is 2.33. The molecule has 0 fully saturated rings. The molecule has 0 aliphatic rings. The first-order chi connectivity index (χ1) is 7.42. The zero-order chi connectivity index (χ0) is 10.5. The van der Waals surface area contributed by atoms with Gasteiger partial charge in [-0.1, -0.05) is 36.4 Å². The molecule has 1 heteroatoms. The highest BCUT2D eigenvalue weighted by atomic mass is 31.1. The van der Waals surface area contributed by atoms with Crippen molar-refractivity contribution in [2.24, 2.45) is 0 Å². The lowest BCUT2D eigenvalue weighted by atomic mass is 10.4. The molecule has 2 rings (SSSR count). The van der Waals surface area contributed by atoms with E-state index in [9.17, 15) is 0 Å². The number of rotatable bonds is 2. The minimum absolute atomic E-state index is 0.274. The Morgan fingerprint density at radius 1 is 0.733 bits per heavy atom. The van der Waals surface area contributed by atoms with Gasteiger partial charge in [-0.05, 0) is 31.2 Å². The second-order valence-corrected chi connectivity index (χ2v) is 5.59. The van der Waals surface area contributed by atoms with Crippen LogP contribution in [0.4, 0.5) is 0 Å². The average molecular weight is 213 g/mol. The number of hydrogen-bond donors (Lipinski definition) is 0. The molecule has 2 aromatic carbocycles. The molecule has 0 amide bonds. The molecule has 0 saturated carbocycles. The normalized spacial score (nSPS) is 9.67. The highest BCUT2D eigenvalue weighted by Crippen LogP contribution is 2.19. The zero-order valence-electron chi connectivity index (χ0n) is 8.80. The third-order valence-electron chi connectivity index (χ3n) is 2.33. The fourth-order valence-corrected chi connectivity index (χ4v) is 3.51. The van der Waals surface area contributed by atoms with E-state index in [0.717, 1.165) is 0 Å². The molecule has 15 heavy (non-hydrogen) atoms. The summed E-state index contributed by atoms with van der Waals surface area (Å²) in [5.74, 6) is 2.31. The molecular formula is C14H14P+. The molecule has 0 N–H and O–H groups in total. The number of benzene rings is 2. The van der Waals surface area contributed by atoms with E-state index < -0.39 is 0 Å². The summed E-state index contributed by atoms with van der Waals surface area (Å²) in [5.41, 5.74) is 0. The summed E-state index contributed by atoms with van der Waals surface area (Å²) in [7, 11) is -0.274. The van der Waals surface area contributed by atoms with Crippen LogP contribution in [0.25, 0.3) is 0 Å². The van der Waals surface area contributed by atoms with Gasteiger partial charge in [-0.25, -0.2) is 0 Å². The predicted molar refractivity (Wildman–Crippen MR) is 70.8 cm³/mol. The molecule has 0 radical (unpaired) electrons. The molecular weight excluding hydrogens is 199 g/mol. The molecule has 0 aliphatic heterocycles. The molecule has 0 aromatic heterocycles. The maximum absolute atomic E-state index is 2.31. The van der Waals surface area contributed by atoms with E-state index in [1.807, 2.05) is 0 Å². The van der Waals surface area contributed by atoms with Gasteiger partial charge in [0.25, 0.3) is 0 Å². The molecule has 0 saturated heterocycles. The molecule has 0 unspecified atom stereocenters. The Hall–Kier alpha value is -1.39. The summed E-state index contributed by atoms with van der Waals surface area (Å²) < 4.78 is 0. The van der Waals surface area contributed by atoms with Crippen LogP contribution in [0.3, 0.4) is 0 Å². The van der Waals surface area contributed by atoms with Gasteiger partial charge in [0.15, 0.2) is 18.2 Å². The predicted octanol–water partition coefficient (Wildman–Crippen LogP) is 2.94. The van der Waals surface area contributed by atoms with E-state index in [0.29, 0.717) is 0 Å². The van der Waals surface area contributed by atoms with Gasteiger partial charge < -0.3 is 0 Å². The van der Waals surface area contributed by atoms with Crippen LogP contribution in [0.2, 0.25) is 0 Å². The maximum atomic E-state index is 2.31. The van der Waals surface area contributed by atoms with Crippen molar-refractivity contribution in [2.45, 2.75) is 6.92 Å². The molecule has 0 atom stereocenters. The van der Waals surface area contributed by atoms with Gasteiger partial charge in [0.2, 0.25) is 0 Å². The standard InChI is InChI=1S/C14H14P/c1-2-15(13-9-5-3-6-10-13)14-11-7-4-8-12-14/h2-12H,1H3/q+1. The van der Waals surface area contributed by atoms with E-state index >= 15 is 0 Å². The molecule has 0 aliphatic carbocycles. The van der Waals surface area contributed by atoms with Gasteiger partial charge in [-0.3, -0.25) is 0 Å². The lowest BCUT2D eigenvalue weighted by Crippen LogP contribution is -2.06. The van der Waals surface area contributed by atoms with Crippen molar-refractivity contribution in [1.82, 2.24) is 0 Å². The second-order valence-electron chi connectivity index (χ2n) is 3.30. The Kier molecular flexibility index (Phi) is 3.32. The van der Waals surface area contributed by atoms with Crippen molar-refractivity contribution in [1.29, 1.82) is 0 Å². The third-order valence-corrected chi connectivity index (χ3v) is 4.55. The first-order valence-electron chi connectivity index (χ1n) is 5.10. The van der Waals surface area contributed by atoms with Crippen molar-refractivity contribution in [2.75, 3.05) is 0 Å². The van der Waals surface area contributed by atoms with Gasteiger partial charge in [0.1, 0.15) is 0 Å². The summed E-state index contributed by atoms with van der Waals surface area (Å²) in [6, 6.07) is 21.4. The third kappa shape index (κ3) is 2.34. The van der Waals surface area contributed by atoms with Gasteiger partial charge in [-0.15, -0.1) is 0 Å². The van der Waals surface area contributed by atoms with Gasteiger partial charge >= 0.3 is 0 Å². The van der Waals surface area contributed by atoms with Crippen molar-refractivity contribution >= 4 is 24.0 Å². The van der Waals surface area contributed by atoms with E-state index in [2.05, 4.69) is 73.4 Å². The molecule has 0 nitrogen and oxygen atoms in total. The molecule has 2 aromatic rings. The van der Waals surface area contributed by atoms with Gasteiger partial charge in [0, 0.05) is 0 Å². The number of hydrogen-bond acceptors (Lipinski definition) is 0. The zero-order valence-corrected chi connectivity index (χ0v) is 9.69. The highest BCUT2D eigenvalue weighted by Gasteiger charge is 2.14. The van der Waals surface area contributed by atoms with Crippen molar-refractivity contribution in [3.63, 3.8) is 0 Å². The van der Waals surface area contributed by atoms with Crippen LogP contribution in [0.15, 0.2) is 60.7 Å². The molecule has 74 valence electrons. The lowest BCUT2D eigenvalue weighted by Gasteiger charge is -1.94. The van der Waals surface area contributed by atoms with E-state index in [-0.39, 0.29) is 7.55 Å². The van der Waals surface area contributed by atoms with Crippen LogP contribution >= 0.6 is 7.55 Å². The Balaban J connectivity index is 2.44. The Labute approximate surface area is 92.0 Å². The smallest absolute Gasteiger partial charge is 0.0619 e. The van der Waals surface area contributed by atoms with Crippen LogP contribution in [-0.4, -0.2) is 5.80 Å². The first-order valence-corrected chi connectivity index (χ1v) is 6.51. The summed E-state index contributed by atoms with van der Waals surface area (Å²) in [5, 5.41) is 2.84. The SMILES string of the molecule is CC=[P+](c1ccccc1)c1ccccc1. The quantitative estimate of drug-likeness (QED) is 0.673. The lowest BCUT2D eigenvalue weighted by molar-refractivity contribution is 1.76. The molecule has 0 heterocycles. The summed E-state index contributed by atoms with van der Waals surface area (Å²) in [4.78, 5) is 0. The Morgan fingerprint density at radius 3 is 1.47 bits per heavy atom. The van der Waals surface area contributed by atoms with Crippen molar-refractivity contribution < 1.29 is 0 Å². The molecule has 0 spiro atoms. The minimum Gasteiger partial charge on any atom is -0.0619 e. The monoisotopic (exact) mass is 213 g/mol.